The fourth-order valence-corrected chi connectivity index (χ4v) is 1.41. The molecule has 0 saturated heterocycles. The quantitative estimate of drug-likeness (QED) is 0.491. The van der Waals surface area contributed by atoms with E-state index in [4.69, 9.17) is 5.11 Å². The monoisotopic (exact) mass is 181 g/mol. The predicted molar refractivity (Wildman–Crippen MR) is 46.6 cm³/mol. The van der Waals surface area contributed by atoms with Crippen molar-refractivity contribution in [3.8, 4) is 0 Å². The first-order valence-corrected chi connectivity index (χ1v) is 4.55. The van der Waals surface area contributed by atoms with Crippen molar-refractivity contribution < 1.29 is 9.90 Å². The molecular formula is C5H11NO2S2. The first kappa shape index (κ1) is 10.1. The third-order valence-electron chi connectivity index (χ3n) is 1.18. The van der Waals surface area contributed by atoms with Crippen LogP contribution in [0.1, 0.15) is 0 Å². The number of rotatable bonds is 4. The lowest BCUT2D eigenvalue weighted by Gasteiger charge is -2.19. The molecule has 0 aliphatic heterocycles. The molecular weight excluding hydrogens is 170 g/mol. The number of hydrogen-bond donors (Lipinski definition) is 2. The van der Waals surface area contributed by atoms with Crippen LogP contribution in [-0.4, -0.2) is 40.5 Å². The van der Waals surface area contributed by atoms with Crippen LogP contribution < -0.4 is 0 Å². The molecule has 0 unspecified atom stereocenters. The van der Waals surface area contributed by atoms with Crippen molar-refractivity contribution in [3.05, 3.63) is 0 Å². The van der Waals surface area contributed by atoms with Gasteiger partial charge in [0, 0.05) is 5.75 Å². The number of carboxylic acids is 1. The summed E-state index contributed by atoms with van der Waals surface area (Å²) in [7, 11) is 1.74. The summed E-state index contributed by atoms with van der Waals surface area (Å²) >= 11 is 5.30. The minimum atomic E-state index is -0.827. The van der Waals surface area contributed by atoms with Gasteiger partial charge in [0.25, 0.3) is 0 Å². The molecule has 0 saturated carbocycles. The molecule has 5 heteroatoms. The lowest BCUT2D eigenvalue weighted by Crippen LogP contribution is -2.35. The van der Waals surface area contributed by atoms with E-state index >= 15 is 0 Å². The van der Waals surface area contributed by atoms with Gasteiger partial charge < -0.3 is 5.11 Å². The van der Waals surface area contributed by atoms with Gasteiger partial charge in [-0.2, -0.15) is 12.6 Å². The van der Waals surface area contributed by atoms with E-state index in [0.29, 0.717) is 5.75 Å². The Hall–Kier alpha value is 0.130. The summed E-state index contributed by atoms with van der Waals surface area (Å²) in [5.74, 6) is -0.487. The van der Waals surface area contributed by atoms with E-state index in [2.05, 4.69) is 12.6 Å². The molecule has 3 nitrogen and oxygen atoms in total. The van der Waals surface area contributed by atoms with Crippen LogP contribution in [0.25, 0.3) is 0 Å². The molecule has 1 N–H and O–H groups in total. The van der Waals surface area contributed by atoms with Crippen LogP contribution in [0.15, 0.2) is 0 Å². The van der Waals surface area contributed by atoms with E-state index in [0.717, 1.165) is 0 Å². The van der Waals surface area contributed by atoms with Crippen LogP contribution in [0, 0.1) is 0 Å². The van der Waals surface area contributed by atoms with Crippen LogP contribution in [0.5, 0.6) is 0 Å². The zero-order chi connectivity index (χ0) is 8.15. The van der Waals surface area contributed by atoms with Crippen molar-refractivity contribution in [2.45, 2.75) is 6.04 Å². The van der Waals surface area contributed by atoms with Crippen molar-refractivity contribution in [1.82, 2.24) is 4.31 Å². The highest BCUT2D eigenvalue weighted by atomic mass is 32.2. The Balaban J connectivity index is 3.92. The second-order valence-electron chi connectivity index (χ2n) is 1.77. The van der Waals surface area contributed by atoms with Crippen molar-refractivity contribution >= 4 is 30.5 Å². The van der Waals surface area contributed by atoms with E-state index < -0.39 is 12.0 Å². The number of nitrogens with zero attached hydrogens (tertiary/aromatic N) is 1. The van der Waals surface area contributed by atoms with Crippen molar-refractivity contribution in [2.24, 2.45) is 0 Å². The molecule has 0 bridgehead atoms. The second kappa shape index (κ2) is 4.87. The van der Waals surface area contributed by atoms with Gasteiger partial charge in [0.05, 0.1) is 0 Å². The highest BCUT2D eigenvalue weighted by Crippen LogP contribution is 2.08. The van der Waals surface area contributed by atoms with Crippen molar-refractivity contribution in [3.63, 3.8) is 0 Å². The Morgan fingerprint density at radius 3 is 2.50 bits per heavy atom. The molecule has 0 aliphatic rings. The summed E-state index contributed by atoms with van der Waals surface area (Å²) in [6.07, 6.45) is 1.83. The number of aliphatic carboxylic acids is 1. The van der Waals surface area contributed by atoms with Crippen LogP contribution >= 0.6 is 24.6 Å². The van der Waals surface area contributed by atoms with Gasteiger partial charge in [0.15, 0.2) is 0 Å². The number of likely N-dealkylation sites (N-methyl/N-ethyl adjacent to an activating group) is 1. The Morgan fingerprint density at radius 1 is 1.90 bits per heavy atom. The maximum absolute atomic E-state index is 10.4. The lowest BCUT2D eigenvalue weighted by molar-refractivity contribution is -0.140. The van der Waals surface area contributed by atoms with E-state index in [-0.39, 0.29) is 0 Å². The Kier molecular flexibility index (Phi) is 4.93. The lowest BCUT2D eigenvalue weighted by atomic mass is 10.3. The molecule has 0 aromatic carbocycles. The summed E-state index contributed by atoms with van der Waals surface area (Å²) in [4.78, 5) is 10.4. The fourth-order valence-electron chi connectivity index (χ4n) is 0.476. The minimum Gasteiger partial charge on any atom is -0.480 e. The Morgan fingerprint density at radius 2 is 2.40 bits per heavy atom. The van der Waals surface area contributed by atoms with E-state index in [1.807, 2.05) is 6.26 Å². The van der Waals surface area contributed by atoms with Crippen LogP contribution in [0.4, 0.5) is 0 Å². The standard InChI is InChI=1S/C5H11NO2S2/c1-6(10-2)4(3-9)5(7)8/h4,9H,3H2,1-2H3,(H,7,8)/t4-/m0/s1. The Labute approximate surface area is 70.3 Å². The van der Waals surface area contributed by atoms with Gasteiger partial charge in [-0.1, -0.05) is 11.9 Å². The van der Waals surface area contributed by atoms with Gasteiger partial charge in [-0.25, -0.2) is 4.31 Å². The van der Waals surface area contributed by atoms with Crippen molar-refractivity contribution in [2.75, 3.05) is 19.1 Å². The topological polar surface area (TPSA) is 40.5 Å². The number of carbonyl (C=O) groups is 1. The smallest absolute Gasteiger partial charge is 0.322 e. The molecule has 0 heterocycles. The number of carboxylic acid groups (broad SMARTS) is 1. The average Bonchev–Trinajstić information content (AvgIpc) is 1.88. The Bertz CT molecular complexity index is 120. The highest BCUT2D eigenvalue weighted by molar-refractivity contribution is 7.96. The molecule has 10 heavy (non-hydrogen) atoms. The fraction of sp³-hybridized carbons (Fsp3) is 0.800. The van der Waals surface area contributed by atoms with Gasteiger partial charge in [-0.05, 0) is 13.3 Å². The highest BCUT2D eigenvalue weighted by Gasteiger charge is 2.19. The van der Waals surface area contributed by atoms with Gasteiger partial charge >= 0.3 is 5.97 Å². The van der Waals surface area contributed by atoms with E-state index in [1.165, 1.54) is 11.9 Å². The van der Waals surface area contributed by atoms with Crippen molar-refractivity contribution in [1.29, 1.82) is 0 Å². The molecule has 60 valence electrons. The summed E-state index contributed by atoms with van der Waals surface area (Å²) in [6, 6.07) is -0.488. The van der Waals surface area contributed by atoms with Crippen LogP contribution in [-0.2, 0) is 4.79 Å². The van der Waals surface area contributed by atoms with Gasteiger partial charge in [-0.3, -0.25) is 4.79 Å². The minimum absolute atomic E-state index is 0.340. The largest absolute Gasteiger partial charge is 0.480 e. The van der Waals surface area contributed by atoms with Gasteiger partial charge in [0.2, 0.25) is 0 Å². The summed E-state index contributed by atoms with van der Waals surface area (Å²) < 4.78 is 1.66. The van der Waals surface area contributed by atoms with Crippen LogP contribution in [0.2, 0.25) is 0 Å². The molecule has 0 aromatic rings. The summed E-state index contributed by atoms with van der Waals surface area (Å²) in [5.41, 5.74) is 0. The van der Waals surface area contributed by atoms with E-state index in [9.17, 15) is 4.79 Å². The first-order valence-electron chi connectivity index (χ1n) is 2.74. The number of hydrogen-bond acceptors (Lipinski definition) is 4. The average molecular weight is 181 g/mol. The molecule has 0 fully saturated rings. The molecule has 0 aromatic heterocycles. The summed E-state index contributed by atoms with van der Waals surface area (Å²) in [5, 5.41) is 8.57. The van der Waals surface area contributed by atoms with Crippen LogP contribution in [0.3, 0.4) is 0 Å². The van der Waals surface area contributed by atoms with E-state index in [1.54, 1.807) is 11.4 Å². The maximum atomic E-state index is 10.4. The maximum Gasteiger partial charge on any atom is 0.322 e. The third-order valence-corrected chi connectivity index (χ3v) is 2.36. The molecule has 1 atom stereocenters. The normalized spacial score (nSPS) is 13.6. The summed E-state index contributed by atoms with van der Waals surface area (Å²) in [6.45, 7) is 0. The number of thiol groups is 1. The molecule has 0 spiro atoms. The first-order chi connectivity index (χ1) is 4.63. The predicted octanol–water partition coefficient (Wildman–Crippen LogP) is 0.579. The second-order valence-corrected chi connectivity index (χ2v) is 3.07. The molecule has 0 radical (unpaired) electrons. The van der Waals surface area contributed by atoms with Gasteiger partial charge in [0.1, 0.15) is 6.04 Å². The SMILES string of the molecule is CSN(C)[C@@H](CS)C(=O)O. The third kappa shape index (κ3) is 2.81. The molecule has 0 rings (SSSR count). The zero-order valence-electron chi connectivity index (χ0n) is 5.94. The van der Waals surface area contributed by atoms with Gasteiger partial charge in [-0.15, -0.1) is 0 Å². The molecule has 0 amide bonds. The molecule has 0 aliphatic carbocycles. The zero-order valence-corrected chi connectivity index (χ0v) is 7.65.